The predicted octanol–water partition coefficient (Wildman–Crippen LogP) is 2.72. The molecular formula is C9H8BrF2NO2. The molecular weight excluding hydrogens is 272 g/mol. The van der Waals surface area contributed by atoms with Crippen LogP contribution in [0.5, 0.6) is 0 Å². The van der Waals surface area contributed by atoms with Gasteiger partial charge < -0.3 is 5.11 Å². The summed E-state index contributed by atoms with van der Waals surface area (Å²) in [5.41, 5.74) is 0.317. The summed E-state index contributed by atoms with van der Waals surface area (Å²) in [5, 5.41) is 8.57. The lowest BCUT2D eigenvalue weighted by molar-refractivity contribution is -0.136. The highest BCUT2D eigenvalue weighted by molar-refractivity contribution is 9.10. The fourth-order valence-electron chi connectivity index (χ4n) is 1.08. The topological polar surface area (TPSA) is 50.2 Å². The van der Waals surface area contributed by atoms with Gasteiger partial charge in [-0.2, -0.15) is 0 Å². The first-order valence-corrected chi connectivity index (χ1v) is 4.87. The number of alkyl halides is 2. The van der Waals surface area contributed by atoms with E-state index in [0.717, 1.165) is 0 Å². The molecule has 6 heteroatoms. The van der Waals surface area contributed by atoms with Gasteiger partial charge in [-0.25, -0.2) is 8.78 Å². The maximum atomic E-state index is 12.4. The van der Waals surface area contributed by atoms with E-state index >= 15 is 0 Å². The summed E-state index contributed by atoms with van der Waals surface area (Å²) in [7, 11) is 0. The van der Waals surface area contributed by atoms with Gasteiger partial charge in [-0.3, -0.25) is 9.78 Å². The van der Waals surface area contributed by atoms with Crippen molar-refractivity contribution in [2.75, 3.05) is 0 Å². The van der Waals surface area contributed by atoms with Gasteiger partial charge in [0.1, 0.15) is 5.69 Å². The van der Waals surface area contributed by atoms with Crippen molar-refractivity contribution in [2.45, 2.75) is 19.8 Å². The van der Waals surface area contributed by atoms with E-state index in [0.29, 0.717) is 10.0 Å². The van der Waals surface area contributed by atoms with Crippen molar-refractivity contribution in [3.63, 3.8) is 0 Å². The van der Waals surface area contributed by atoms with Gasteiger partial charge in [-0.1, -0.05) is 15.9 Å². The largest absolute Gasteiger partial charge is 0.481 e. The standard InChI is InChI=1S/C9H8BrF2NO2/c1-4-5(10)2-7(9(11)12)13-6(4)3-8(14)15/h2,9H,3H2,1H3,(H,14,15). The van der Waals surface area contributed by atoms with Crippen molar-refractivity contribution in [1.82, 2.24) is 4.98 Å². The fourth-order valence-corrected chi connectivity index (χ4v) is 1.54. The number of carboxylic acid groups (broad SMARTS) is 1. The molecule has 1 rings (SSSR count). The minimum Gasteiger partial charge on any atom is -0.481 e. The van der Waals surface area contributed by atoms with Crippen molar-refractivity contribution in [2.24, 2.45) is 0 Å². The molecule has 0 radical (unpaired) electrons. The van der Waals surface area contributed by atoms with E-state index in [1.807, 2.05) is 0 Å². The Labute approximate surface area is 93.3 Å². The molecule has 0 fully saturated rings. The van der Waals surface area contributed by atoms with E-state index in [1.165, 1.54) is 6.07 Å². The van der Waals surface area contributed by atoms with Crippen molar-refractivity contribution in [1.29, 1.82) is 0 Å². The van der Waals surface area contributed by atoms with Gasteiger partial charge >= 0.3 is 5.97 Å². The normalized spacial score (nSPS) is 10.7. The Balaban J connectivity index is 3.18. The summed E-state index contributed by atoms with van der Waals surface area (Å²) < 4.78 is 25.2. The van der Waals surface area contributed by atoms with Crippen LogP contribution in [0, 0.1) is 6.92 Å². The average Bonchev–Trinajstić information content (AvgIpc) is 2.11. The van der Waals surface area contributed by atoms with Crippen molar-refractivity contribution >= 4 is 21.9 Å². The minimum absolute atomic E-state index is 0.159. The molecule has 0 aromatic carbocycles. The van der Waals surface area contributed by atoms with E-state index in [2.05, 4.69) is 20.9 Å². The second kappa shape index (κ2) is 4.65. The Bertz CT molecular complexity index is 396. The number of aromatic nitrogens is 1. The predicted molar refractivity (Wildman–Crippen MR) is 53.0 cm³/mol. The molecule has 1 aromatic rings. The molecule has 15 heavy (non-hydrogen) atoms. The highest BCUT2D eigenvalue weighted by Gasteiger charge is 2.15. The lowest BCUT2D eigenvalue weighted by Crippen LogP contribution is -2.07. The molecule has 1 N–H and O–H groups in total. The number of hydrogen-bond donors (Lipinski definition) is 1. The van der Waals surface area contributed by atoms with E-state index in [-0.39, 0.29) is 12.1 Å². The first-order valence-electron chi connectivity index (χ1n) is 4.07. The molecule has 0 aliphatic carbocycles. The van der Waals surface area contributed by atoms with Crippen LogP contribution in [0.2, 0.25) is 0 Å². The summed E-state index contributed by atoms with van der Waals surface area (Å²) in [5.74, 6) is -1.09. The number of halogens is 3. The summed E-state index contributed by atoms with van der Waals surface area (Å²) >= 11 is 3.09. The molecule has 82 valence electrons. The molecule has 0 saturated carbocycles. The quantitative estimate of drug-likeness (QED) is 0.926. The van der Waals surface area contributed by atoms with Crippen LogP contribution >= 0.6 is 15.9 Å². The van der Waals surface area contributed by atoms with Crippen molar-refractivity contribution in [3.05, 3.63) is 27.5 Å². The Morgan fingerprint density at radius 1 is 1.67 bits per heavy atom. The number of aliphatic carboxylic acids is 1. The fraction of sp³-hybridized carbons (Fsp3) is 0.333. The molecule has 0 aliphatic heterocycles. The van der Waals surface area contributed by atoms with E-state index in [1.54, 1.807) is 6.92 Å². The smallest absolute Gasteiger partial charge is 0.309 e. The zero-order valence-electron chi connectivity index (χ0n) is 7.80. The highest BCUT2D eigenvalue weighted by atomic mass is 79.9. The zero-order valence-corrected chi connectivity index (χ0v) is 9.38. The SMILES string of the molecule is Cc1c(Br)cc(C(F)F)nc1CC(=O)O. The van der Waals surface area contributed by atoms with Crippen LogP contribution in [0.4, 0.5) is 8.78 Å². The summed E-state index contributed by atoms with van der Waals surface area (Å²) in [6, 6.07) is 1.20. The van der Waals surface area contributed by atoms with E-state index < -0.39 is 18.1 Å². The number of carboxylic acids is 1. The van der Waals surface area contributed by atoms with Gasteiger partial charge in [-0.05, 0) is 18.6 Å². The number of pyridine rings is 1. The third-order valence-electron chi connectivity index (χ3n) is 1.87. The van der Waals surface area contributed by atoms with Crippen molar-refractivity contribution < 1.29 is 18.7 Å². The average molecular weight is 280 g/mol. The van der Waals surface area contributed by atoms with Crippen LogP contribution in [0.1, 0.15) is 23.4 Å². The van der Waals surface area contributed by atoms with Gasteiger partial charge in [0.05, 0.1) is 12.1 Å². The number of rotatable bonds is 3. The third kappa shape index (κ3) is 2.95. The Hall–Kier alpha value is -1.04. The van der Waals surface area contributed by atoms with Gasteiger partial charge in [0.15, 0.2) is 0 Å². The summed E-state index contributed by atoms with van der Waals surface area (Å²) in [6.07, 6.45) is -3.06. The molecule has 0 saturated heterocycles. The van der Waals surface area contributed by atoms with Crippen LogP contribution in [-0.4, -0.2) is 16.1 Å². The molecule has 0 spiro atoms. The summed E-state index contributed by atoms with van der Waals surface area (Å²) in [4.78, 5) is 14.1. The first kappa shape index (κ1) is 12.0. The van der Waals surface area contributed by atoms with Gasteiger partial charge in [0.25, 0.3) is 6.43 Å². The Morgan fingerprint density at radius 2 is 2.27 bits per heavy atom. The monoisotopic (exact) mass is 279 g/mol. The van der Waals surface area contributed by atoms with Crippen LogP contribution in [0.15, 0.2) is 10.5 Å². The maximum absolute atomic E-state index is 12.4. The van der Waals surface area contributed by atoms with Crippen LogP contribution in [-0.2, 0) is 11.2 Å². The molecule has 0 atom stereocenters. The van der Waals surface area contributed by atoms with Crippen molar-refractivity contribution in [3.8, 4) is 0 Å². The molecule has 3 nitrogen and oxygen atoms in total. The van der Waals surface area contributed by atoms with E-state index in [4.69, 9.17) is 5.11 Å². The lowest BCUT2D eigenvalue weighted by Gasteiger charge is -2.08. The van der Waals surface area contributed by atoms with E-state index in [9.17, 15) is 13.6 Å². The van der Waals surface area contributed by atoms with Gasteiger partial charge in [0, 0.05) is 4.47 Å². The molecule has 0 unspecified atom stereocenters. The molecule has 1 heterocycles. The second-order valence-electron chi connectivity index (χ2n) is 2.97. The number of hydrogen-bond acceptors (Lipinski definition) is 2. The number of nitrogens with zero attached hydrogens (tertiary/aromatic N) is 1. The Kier molecular flexibility index (Phi) is 3.73. The highest BCUT2D eigenvalue weighted by Crippen LogP contribution is 2.25. The first-order chi connectivity index (χ1) is 6.91. The molecule has 0 amide bonds. The third-order valence-corrected chi connectivity index (χ3v) is 2.70. The summed E-state index contributed by atoms with van der Waals surface area (Å²) in [6.45, 7) is 1.63. The minimum atomic E-state index is -2.70. The van der Waals surface area contributed by atoms with Crippen LogP contribution in [0.3, 0.4) is 0 Å². The Morgan fingerprint density at radius 3 is 2.73 bits per heavy atom. The molecule has 0 bridgehead atoms. The van der Waals surface area contributed by atoms with Gasteiger partial charge in [-0.15, -0.1) is 0 Å². The number of carbonyl (C=O) groups is 1. The molecule has 1 aromatic heterocycles. The molecule has 0 aliphatic rings. The lowest BCUT2D eigenvalue weighted by atomic mass is 10.1. The zero-order chi connectivity index (χ0) is 11.6. The van der Waals surface area contributed by atoms with Crippen LogP contribution < -0.4 is 0 Å². The second-order valence-corrected chi connectivity index (χ2v) is 3.83. The van der Waals surface area contributed by atoms with Crippen LogP contribution in [0.25, 0.3) is 0 Å². The van der Waals surface area contributed by atoms with Gasteiger partial charge in [0.2, 0.25) is 0 Å². The maximum Gasteiger partial charge on any atom is 0.309 e.